The molecule has 16 heavy (non-hydrogen) atoms. The maximum Gasteiger partial charge on any atom is 0.239 e. The van der Waals surface area contributed by atoms with Gasteiger partial charge in [-0.15, -0.1) is 0 Å². The van der Waals surface area contributed by atoms with Gasteiger partial charge in [-0.3, -0.25) is 4.79 Å². The van der Waals surface area contributed by atoms with Crippen LogP contribution in [0.1, 0.15) is 12.8 Å². The lowest BCUT2D eigenvalue weighted by molar-refractivity contribution is -0.125. The molecule has 2 aliphatic rings. The molecule has 1 unspecified atom stereocenters. The number of hydrogen-bond acceptors (Lipinski definition) is 4. The standard InChI is InChI=1S/C11H21N3O2/c1-14(9-2-3-9)6-4-13-11(15)10-8-16-7-5-12-10/h9-10,12H,2-8H2,1H3,(H,13,15). The molecule has 0 spiro atoms. The SMILES string of the molecule is CN(CCNC(=O)C1COCCN1)C1CC1. The largest absolute Gasteiger partial charge is 0.378 e. The molecule has 0 aromatic rings. The number of morpholine rings is 1. The summed E-state index contributed by atoms with van der Waals surface area (Å²) >= 11 is 0. The Balaban J connectivity index is 1.59. The van der Waals surface area contributed by atoms with Crippen molar-refractivity contribution >= 4 is 5.91 Å². The lowest BCUT2D eigenvalue weighted by Crippen LogP contribution is -2.52. The van der Waals surface area contributed by atoms with E-state index in [1.807, 2.05) is 0 Å². The second kappa shape index (κ2) is 5.61. The number of carbonyl (C=O) groups excluding carboxylic acids is 1. The topological polar surface area (TPSA) is 53.6 Å². The summed E-state index contributed by atoms with van der Waals surface area (Å²) in [5.74, 6) is 0.0592. The third kappa shape index (κ3) is 3.43. The van der Waals surface area contributed by atoms with Gasteiger partial charge < -0.3 is 20.3 Å². The van der Waals surface area contributed by atoms with Crippen molar-refractivity contribution in [1.82, 2.24) is 15.5 Å². The van der Waals surface area contributed by atoms with E-state index in [0.717, 1.165) is 25.7 Å². The van der Waals surface area contributed by atoms with Gasteiger partial charge in [0.25, 0.3) is 0 Å². The first-order chi connectivity index (χ1) is 7.77. The maximum absolute atomic E-state index is 11.7. The Kier molecular flexibility index (Phi) is 4.15. The van der Waals surface area contributed by atoms with Crippen LogP contribution in [0.2, 0.25) is 0 Å². The van der Waals surface area contributed by atoms with Crippen molar-refractivity contribution in [3.8, 4) is 0 Å². The molecule has 1 heterocycles. The third-order valence-corrected chi connectivity index (χ3v) is 3.17. The average molecular weight is 227 g/mol. The highest BCUT2D eigenvalue weighted by molar-refractivity contribution is 5.81. The van der Waals surface area contributed by atoms with Crippen LogP contribution in [0.5, 0.6) is 0 Å². The Morgan fingerprint density at radius 3 is 3.00 bits per heavy atom. The van der Waals surface area contributed by atoms with Gasteiger partial charge in [0.1, 0.15) is 6.04 Å². The number of likely N-dealkylation sites (N-methyl/N-ethyl adjacent to an activating group) is 1. The molecule has 2 rings (SSSR count). The van der Waals surface area contributed by atoms with Gasteiger partial charge >= 0.3 is 0 Å². The molecule has 1 saturated carbocycles. The highest BCUT2D eigenvalue weighted by Crippen LogP contribution is 2.24. The molecular formula is C11H21N3O2. The van der Waals surface area contributed by atoms with Crippen molar-refractivity contribution < 1.29 is 9.53 Å². The van der Waals surface area contributed by atoms with Crippen LogP contribution in [0.3, 0.4) is 0 Å². The van der Waals surface area contributed by atoms with E-state index < -0.39 is 0 Å². The summed E-state index contributed by atoms with van der Waals surface area (Å²) < 4.78 is 5.25. The van der Waals surface area contributed by atoms with Crippen LogP contribution in [0.25, 0.3) is 0 Å². The first kappa shape index (κ1) is 11.8. The predicted octanol–water partition coefficient (Wildman–Crippen LogP) is -0.815. The van der Waals surface area contributed by atoms with Gasteiger partial charge in [-0.05, 0) is 19.9 Å². The molecular weight excluding hydrogens is 206 g/mol. The Morgan fingerprint density at radius 2 is 2.38 bits per heavy atom. The second-order valence-corrected chi connectivity index (χ2v) is 4.58. The fourth-order valence-electron chi connectivity index (χ4n) is 1.91. The Bertz CT molecular complexity index is 237. The number of nitrogens with zero attached hydrogens (tertiary/aromatic N) is 1. The molecule has 5 nitrogen and oxygen atoms in total. The summed E-state index contributed by atoms with van der Waals surface area (Å²) in [5, 5.41) is 6.08. The van der Waals surface area contributed by atoms with Crippen molar-refractivity contribution in [2.75, 3.05) is 39.9 Å². The first-order valence-electron chi connectivity index (χ1n) is 6.06. The van der Waals surface area contributed by atoms with Crippen molar-refractivity contribution in [1.29, 1.82) is 0 Å². The Labute approximate surface area is 96.5 Å². The first-order valence-corrected chi connectivity index (χ1v) is 6.06. The fourth-order valence-corrected chi connectivity index (χ4v) is 1.91. The summed E-state index contributed by atoms with van der Waals surface area (Å²) in [6, 6.07) is 0.591. The summed E-state index contributed by atoms with van der Waals surface area (Å²) in [7, 11) is 2.12. The predicted molar refractivity (Wildman–Crippen MR) is 61.3 cm³/mol. The van der Waals surface area contributed by atoms with Crippen LogP contribution in [0, 0.1) is 0 Å². The van der Waals surface area contributed by atoms with Crippen LogP contribution >= 0.6 is 0 Å². The van der Waals surface area contributed by atoms with Gasteiger partial charge in [0.2, 0.25) is 5.91 Å². The van der Waals surface area contributed by atoms with E-state index in [1.54, 1.807) is 0 Å². The molecule has 0 aromatic heterocycles. The van der Waals surface area contributed by atoms with Gasteiger partial charge in [-0.25, -0.2) is 0 Å². The monoisotopic (exact) mass is 227 g/mol. The molecule has 0 radical (unpaired) electrons. The molecule has 0 aromatic carbocycles. The molecule has 0 bridgehead atoms. The van der Waals surface area contributed by atoms with Gasteiger partial charge in [0, 0.05) is 25.7 Å². The quantitative estimate of drug-likeness (QED) is 0.645. The van der Waals surface area contributed by atoms with Crippen LogP contribution in [0.4, 0.5) is 0 Å². The highest BCUT2D eigenvalue weighted by Gasteiger charge is 2.26. The minimum absolute atomic E-state index is 0.0592. The Hall–Kier alpha value is -0.650. The van der Waals surface area contributed by atoms with Crippen molar-refractivity contribution in [3.05, 3.63) is 0 Å². The van der Waals surface area contributed by atoms with E-state index in [4.69, 9.17) is 4.74 Å². The molecule has 5 heteroatoms. The number of nitrogens with one attached hydrogen (secondary N) is 2. The number of carbonyl (C=O) groups is 1. The second-order valence-electron chi connectivity index (χ2n) is 4.58. The molecule has 2 fully saturated rings. The fraction of sp³-hybridized carbons (Fsp3) is 0.909. The van der Waals surface area contributed by atoms with Crippen molar-refractivity contribution in [2.24, 2.45) is 0 Å². The van der Waals surface area contributed by atoms with Crippen LogP contribution in [0.15, 0.2) is 0 Å². The molecule has 1 aliphatic heterocycles. The highest BCUT2D eigenvalue weighted by atomic mass is 16.5. The van der Waals surface area contributed by atoms with Crippen LogP contribution in [-0.4, -0.2) is 62.8 Å². The van der Waals surface area contributed by atoms with Gasteiger partial charge in [-0.2, -0.15) is 0 Å². The molecule has 1 saturated heterocycles. The van der Waals surface area contributed by atoms with E-state index in [0.29, 0.717) is 13.2 Å². The van der Waals surface area contributed by atoms with E-state index in [9.17, 15) is 4.79 Å². The van der Waals surface area contributed by atoms with Crippen LogP contribution < -0.4 is 10.6 Å². The Morgan fingerprint density at radius 1 is 1.56 bits per heavy atom. The van der Waals surface area contributed by atoms with Crippen molar-refractivity contribution in [3.63, 3.8) is 0 Å². The number of rotatable bonds is 5. The smallest absolute Gasteiger partial charge is 0.239 e. The minimum atomic E-state index is -0.167. The third-order valence-electron chi connectivity index (χ3n) is 3.17. The zero-order valence-corrected chi connectivity index (χ0v) is 9.87. The van der Waals surface area contributed by atoms with Crippen molar-refractivity contribution in [2.45, 2.75) is 24.9 Å². The van der Waals surface area contributed by atoms with E-state index in [2.05, 4.69) is 22.6 Å². The van der Waals surface area contributed by atoms with Gasteiger partial charge in [0.15, 0.2) is 0 Å². The zero-order chi connectivity index (χ0) is 11.4. The molecule has 2 N–H and O–H groups in total. The summed E-state index contributed by atoms with van der Waals surface area (Å²) in [4.78, 5) is 14.0. The molecule has 1 aliphatic carbocycles. The summed E-state index contributed by atoms with van der Waals surface area (Å²) in [6.45, 7) is 3.62. The number of ether oxygens (including phenoxy) is 1. The van der Waals surface area contributed by atoms with E-state index >= 15 is 0 Å². The van der Waals surface area contributed by atoms with E-state index in [-0.39, 0.29) is 11.9 Å². The summed E-state index contributed by atoms with van der Waals surface area (Å²) in [6.07, 6.45) is 2.62. The molecule has 1 atom stereocenters. The number of amides is 1. The van der Waals surface area contributed by atoms with Gasteiger partial charge in [0.05, 0.1) is 13.2 Å². The van der Waals surface area contributed by atoms with Crippen LogP contribution in [-0.2, 0) is 9.53 Å². The zero-order valence-electron chi connectivity index (χ0n) is 9.87. The molecule has 1 amide bonds. The molecule has 92 valence electrons. The lowest BCUT2D eigenvalue weighted by Gasteiger charge is -2.23. The van der Waals surface area contributed by atoms with E-state index in [1.165, 1.54) is 12.8 Å². The average Bonchev–Trinajstić information content (AvgIpc) is 3.14. The summed E-state index contributed by atoms with van der Waals surface area (Å²) in [5.41, 5.74) is 0. The van der Waals surface area contributed by atoms with Gasteiger partial charge in [-0.1, -0.05) is 0 Å². The number of hydrogen-bond donors (Lipinski definition) is 2. The normalized spacial score (nSPS) is 25.8. The lowest BCUT2D eigenvalue weighted by atomic mass is 10.2. The maximum atomic E-state index is 11.7. The minimum Gasteiger partial charge on any atom is -0.378 e.